The van der Waals surface area contributed by atoms with Gasteiger partial charge in [0.25, 0.3) is 0 Å². The molecule has 13 heteroatoms. The van der Waals surface area contributed by atoms with Crippen molar-refractivity contribution in [2.45, 2.75) is 49.9 Å². The van der Waals surface area contributed by atoms with Crippen molar-refractivity contribution in [2.24, 2.45) is 0 Å². The summed E-state index contributed by atoms with van der Waals surface area (Å²) in [6.45, 7) is 0.636. The molecule has 194 valence electrons. The van der Waals surface area contributed by atoms with Crippen LogP contribution >= 0.6 is 12.6 Å². The zero-order valence-corrected chi connectivity index (χ0v) is 20.2. The van der Waals surface area contributed by atoms with Gasteiger partial charge in [-0.15, -0.1) is 0 Å². The minimum absolute atomic E-state index is 0.0155. The Kier molecular flexibility index (Phi) is 9.31. The van der Waals surface area contributed by atoms with E-state index >= 15 is 0 Å². The van der Waals surface area contributed by atoms with Crippen molar-refractivity contribution in [1.82, 2.24) is 26.3 Å². The maximum Gasteiger partial charge on any atom is 0.327 e. The highest BCUT2D eigenvalue weighted by Gasteiger charge is 2.32. The number of hydrogen-bond acceptors (Lipinski definition) is 7. The number of amides is 3. The fourth-order valence-corrected chi connectivity index (χ4v) is 4.27. The molecule has 0 saturated carbocycles. The maximum atomic E-state index is 13.1. The highest BCUT2D eigenvalue weighted by atomic mass is 32.1. The van der Waals surface area contributed by atoms with Crippen LogP contribution in [-0.2, 0) is 30.4 Å². The molecule has 7 N–H and O–H groups in total. The third-order valence-corrected chi connectivity index (χ3v) is 6.28. The topological polar surface area (TPSA) is 190 Å². The number of aliphatic carboxylic acids is 2. The van der Waals surface area contributed by atoms with Crippen molar-refractivity contribution < 1.29 is 34.2 Å². The molecule has 4 atom stereocenters. The highest BCUT2D eigenvalue weighted by Crippen LogP contribution is 2.19. The number of fused-ring (bicyclic) bond motifs is 1. The van der Waals surface area contributed by atoms with Gasteiger partial charge in [0.05, 0.1) is 12.5 Å². The Labute approximate surface area is 212 Å². The van der Waals surface area contributed by atoms with Crippen LogP contribution in [0.4, 0.5) is 0 Å². The summed E-state index contributed by atoms with van der Waals surface area (Å²) in [4.78, 5) is 64.5. The minimum Gasteiger partial charge on any atom is -0.481 e. The number of rotatable bonds is 12. The summed E-state index contributed by atoms with van der Waals surface area (Å²) in [7, 11) is 0. The van der Waals surface area contributed by atoms with Gasteiger partial charge in [-0.3, -0.25) is 19.2 Å². The summed E-state index contributed by atoms with van der Waals surface area (Å²) in [5, 5.41) is 29.7. The molecule has 36 heavy (non-hydrogen) atoms. The van der Waals surface area contributed by atoms with E-state index in [0.29, 0.717) is 18.5 Å². The van der Waals surface area contributed by atoms with E-state index in [9.17, 15) is 34.2 Å². The van der Waals surface area contributed by atoms with E-state index in [1.807, 2.05) is 24.3 Å². The van der Waals surface area contributed by atoms with Gasteiger partial charge in [0.2, 0.25) is 17.7 Å². The third kappa shape index (κ3) is 6.98. The van der Waals surface area contributed by atoms with Gasteiger partial charge in [-0.25, -0.2) is 4.79 Å². The van der Waals surface area contributed by atoms with E-state index in [0.717, 1.165) is 17.3 Å². The first-order valence-electron chi connectivity index (χ1n) is 11.4. The number of nitrogens with one attached hydrogen (secondary N) is 5. The predicted molar refractivity (Wildman–Crippen MR) is 133 cm³/mol. The molecule has 3 rings (SSSR count). The van der Waals surface area contributed by atoms with Gasteiger partial charge in [-0.2, -0.15) is 12.6 Å². The molecule has 1 aromatic heterocycles. The van der Waals surface area contributed by atoms with Crippen molar-refractivity contribution in [3.63, 3.8) is 0 Å². The Morgan fingerprint density at radius 1 is 1.00 bits per heavy atom. The van der Waals surface area contributed by atoms with E-state index < -0.39 is 60.2 Å². The molecule has 1 aliphatic rings. The second-order valence-corrected chi connectivity index (χ2v) is 8.88. The number of para-hydroxylation sites is 1. The van der Waals surface area contributed by atoms with Crippen molar-refractivity contribution in [3.05, 3.63) is 36.0 Å². The number of carbonyl (C=O) groups excluding carboxylic acids is 3. The van der Waals surface area contributed by atoms with Crippen LogP contribution in [-0.4, -0.2) is 81.3 Å². The number of carboxylic acid groups (broad SMARTS) is 2. The van der Waals surface area contributed by atoms with Crippen molar-refractivity contribution >= 4 is 53.2 Å². The Morgan fingerprint density at radius 3 is 2.33 bits per heavy atom. The molecule has 2 heterocycles. The van der Waals surface area contributed by atoms with Gasteiger partial charge in [-0.05, 0) is 31.0 Å². The average Bonchev–Trinajstić information content (AvgIpc) is 3.51. The highest BCUT2D eigenvalue weighted by molar-refractivity contribution is 7.80. The summed E-state index contributed by atoms with van der Waals surface area (Å²) < 4.78 is 0. The van der Waals surface area contributed by atoms with E-state index in [2.05, 4.69) is 38.9 Å². The normalized spacial score (nSPS) is 17.6. The molecule has 12 nitrogen and oxygen atoms in total. The zero-order valence-electron chi connectivity index (χ0n) is 19.3. The lowest BCUT2D eigenvalue weighted by molar-refractivity contribution is -0.142. The summed E-state index contributed by atoms with van der Waals surface area (Å²) in [6.07, 6.45) is 2.29. The SMILES string of the molecule is O=C(O)CC(NC(=O)C1CCCN1)C(=O)NC(Cc1c[nH]c2ccccc12)C(=O)NC(CS)C(=O)O. The van der Waals surface area contributed by atoms with Gasteiger partial charge in [0.1, 0.15) is 18.1 Å². The standard InChI is InChI=1S/C23H29N5O7S/c29-19(30)9-17(27-20(31)15-6-3-7-24-15)22(33)26-16(21(32)28-18(11-36)23(34)35)8-12-10-25-14-5-2-1-4-13(12)14/h1-2,4-5,10,15-18,24-25,36H,3,6-9,11H2,(H,26,33)(H,27,31)(H,28,32)(H,29,30)(H,34,35). The fourth-order valence-electron chi connectivity index (χ4n) is 4.02. The lowest BCUT2D eigenvalue weighted by Crippen LogP contribution is -2.58. The molecule has 1 saturated heterocycles. The first-order valence-corrected chi connectivity index (χ1v) is 12.1. The van der Waals surface area contributed by atoms with Crippen LogP contribution in [0.5, 0.6) is 0 Å². The number of aromatic amines is 1. The molecule has 2 aromatic rings. The number of aromatic nitrogens is 1. The summed E-state index contributed by atoms with van der Waals surface area (Å²) in [5.74, 6) is -4.95. The summed E-state index contributed by atoms with van der Waals surface area (Å²) in [5.41, 5.74) is 1.48. The third-order valence-electron chi connectivity index (χ3n) is 5.92. The molecule has 0 aliphatic carbocycles. The zero-order chi connectivity index (χ0) is 26.2. The van der Waals surface area contributed by atoms with Gasteiger partial charge < -0.3 is 36.5 Å². The monoisotopic (exact) mass is 519 g/mol. The van der Waals surface area contributed by atoms with E-state index in [1.165, 1.54) is 0 Å². The van der Waals surface area contributed by atoms with Crippen LogP contribution < -0.4 is 21.3 Å². The maximum absolute atomic E-state index is 13.1. The van der Waals surface area contributed by atoms with Crippen LogP contribution in [0.1, 0.15) is 24.8 Å². The fraction of sp³-hybridized carbons (Fsp3) is 0.435. The lowest BCUT2D eigenvalue weighted by atomic mass is 10.0. The van der Waals surface area contributed by atoms with Gasteiger partial charge in [0.15, 0.2) is 0 Å². The minimum atomic E-state index is -1.43. The Morgan fingerprint density at radius 2 is 1.69 bits per heavy atom. The smallest absolute Gasteiger partial charge is 0.327 e. The molecular formula is C23H29N5O7S. The number of carboxylic acids is 2. The molecule has 4 unspecified atom stereocenters. The lowest BCUT2D eigenvalue weighted by Gasteiger charge is -2.24. The number of carbonyl (C=O) groups is 5. The first kappa shape index (κ1) is 27.0. The molecule has 0 radical (unpaired) electrons. The van der Waals surface area contributed by atoms with Crippen molar-refractivity contribution in [3.8, 4) is 0 Å². The van der Waals surface area contributed by atoms with Gasteiger partial charge in [-0.1, -0.05) is 18.2 Å². The Bertz CT molecular complexity index is 1130. The number of hydrogen-bond donors (Lipinski definition) is 8. The number of H-pyrrole nitrogens is 1. The second-order valence-electron chi connectivity index (χ2n) is 8.51. The van der Waals surface area contributed by atoms with Crippen LogP contribution in [0.3, 0.4) is 0 Å². The molecule has 0 spiro atoms. The predicted octanol–water partition coefficient (Wildman–Crippen LogP) is -0.594. The van der Waals surface area contributed by atoms with Crippen LogP contribution in [0.25, 0.3) is 10.9 Å². The largest absolute Gasteiger partial charge is 0.481 e. The van der Waals surface area contributed by atoms with E-state index in [1.54, 1.807) is 6.20 Å². The molecule has 1 fully saturated rings. The molecule has 3 amide bonds. The number of benzene rings is 1. The quantitative estimate of drug-likeness (QED) is 0.171. The van der Waals surface area contributed by atoms with Gasteiger partial charge >= 0.3 is 11.9 Å². The Hall–Kier alpha value is -3.58. The molecule has 1 aliphatic heterocycles. The van der Waals surface area contributed by atoms with Crippen LogP contribution in [0.15, 0.2) is 30.5 Å². The van der Waals surface area contributed by atoms with Crippen LogP contribution in [0, 0.1) is 0 Å². The van der Waals surface area contributed by atoms with Gasteiger partial charge in [0, 0.05) is 29.3 Å². The molecule has 0 bridgehead atoms. The Balaban J connectivity index is 1.82. The van der Waals surface area contributed by atoms with Crippen molar-refractivity contribution in [1.29, 1.82) is 0 Å². The average molecular weight is 520 g/mol. The summed E-state index contributed by atoms with van der Waals surface area (Å²) in [6, 6.07) is 2.78. The molecule has 1 aromatic carbocycles. The first-order chi connectivity index (χ1) is 17.2. The van der Waals surface area contributed by atoms with E-state index in [4.69, 9.17) is 0 Å². The molecular weight excluding hydrogens is 490 g/mol. The summed E-state index contributed by atoms with van der Waals surface area (Å²) >= 11 is 3.95. The van der Waals surface area contributed by atoms with Crippen LogP contribution in [0.2, 0.25) is 0 Å². The van der Waals surface area contributed by atoms with Crippen molar-refractivity contribution in [2.75, 3.05) is 12.3 Å². The second kappa shape index (κ2) is 12.4. The number of thiol groups is 1. The van der Waals surface area contributed by atoms with E-state index in [-0.39, 0.29) is 12.2 Å².